The van der Waals surface area contributed by atoms with E-state index in [0.717, 1.165) is 0 Å². The topological polar surface area (TPSA) is 119 Å². The molecule has 8 nitrogen and oxygen atoms in total. The highest BCUT2D eigenvalue weighted by atomic mass is 32.2. The number of nitrogen functional groups attached to an aromatic ring is 1. The van der Waals surface area contributed by atoms with E-state index in [0.29, 0.717) is 11.2 Å². The molecule has 0 radical (unpaired) electrons. The monoisotopic (exact) mass is 343 g/mol. The Hall–Kier alpha value is -1.07. The Kier molecular flexibility index (Phi) is 4.46. The molecule has 120 valence electrons. The van der Waals surface area contributed by atoms with Gasteiger partial charge in [-0.05, 0) is 12.5 Å². The maximum absolute atomic E-state index is 10.4. The number of hydrogen-bond acceptors (Lipinski definition) is 9. The van der Waals surface area contributed by atoms with Crippen molar-refractivity contribution in [2.75, 3.05) is 18.2 Å². The number of aliphatic hydroxyl groups excluding tert-OH is 2. The zero-order valence-electron chi connectivity index (χ0n) is 12.0. The number of rotatable bonds is 4. The predicted molar refractivity (Wildman–Crippen MR) is 86.5 cm³/mol. The first kappa shape index (κ1) is 15.8. The molecule has 0 spiro atoms. The molecular weight excluding hydrogens is 326 g/mol. The molecule has 4 atom stereocenters. The minimum Gasteiger partial charge on any atom is -0.387 e. The van der Waals surface area contributed by atoms with Crippen molar-refractivity contribution in [1.82, 2.24) is 19.5 Å². The summed E-state index contributed by atoms with van der Waals surface area (Å²) >= 11 is 3.15. The number of thioether (sulfide) groups is 2. The molecule has 0 saturated carbocycles. The van der Waals surface area contributed by atoms with E-state index >= 15 is 0 Å². The molecule has 1 aliphatic rings. The molecule has 0 aromatic carbocycles. The molecule has 2 aromatic rings. The van der Waals surface area contributed by atoms with Crippen LogP contribution in [0.15, 0.2) is 12.7 Å². The summed E-state index contributed by atoms with van der Waals surface area (Å²) in [7, 11) is 0. The highest BCUT2D eigenvalue weighted by molar-refractivity contribution is 8.16. The molecule has 1 saturated heterocycles. The van der Waals surface area contributed by atoms with E-state index in [-0.39, 0.29) is 10.4 Å². The van der Waals surface area contributed by atoms with Crippen molar-refractivity contribution < 1.29 is 14.9 Å². The number of anilines is 1. The zero-order valence-corrected chi connectivity index (χ0v) is 13.7. The van der Waals surface area contributed by atoms with Gasteiger partial charge in [-0.25, -0.2) is 15.0 Å². The smallest absolute Gasteiger partial charge is 0.167 e. The molecule has 3 heterocycles. The number of aromatic nitrogens is 4. The molecule has 10 heteroatoms. The second-order valence-corrected chi connectivity index (χ2v) is 7.15. The van der Waals surface area contributed by atoms with Gasteiger partial charge in [-0.1, -0.05) is 0 Å². The lowest BCUT2D eigenvalue weighted by atomic mass is 10.1. The van der Waals surface area contributed by atoms with Crippen LogP contribution in [0, 0.1) is 0 Å². The summed E-state index contributed by atoms with van der Waals surface area (Å²) in [6.07, 6.45) is 3.41. The van der Waals surface area contributed by atoms with E-state index in [4.69, 9.17) is 10.5 Å². The first-order valence-electron chi connectivity index (χ1n) is 6.58. The summed E-state index contributed by atoms with van der Waals surface area (Å²) in [4.78, 5) is 12.2. The fourth-order valence-corrected chi connectivity index (χ4v) is 4.32. The van der Waals surface area contributed by atoms with Crippen molar-refractivity contribution in [3.63, 3.8) is 0 Å². The first-order chi connectivity index (χ1) is 10.6. The van der Waals surface area contributed by atoms with Crippen LogP contribution < -0.4 is 5.73 Å². The Morgan fingerprint density at radius 1 is 1.23 bits per heavy atom. The van der Waals surface area contributed by atoms with Gasteiger partial charge in [0.1, 0.15) is 30.2 Å². The van der Waals surface area contributed by atoms with Crippen molar-refractivity contribution in [1.29, 1.82) is 0 Å². The van der Waals surface area contributed by atoms with Crippen LogP contribution in [0.1, 0.15) is 6.23 Å². The molecule has 1 fully saturated rings. The van der Waals surface area contributed by atoms with Gasteiger partial charge in [-0.3, -0.25) is 4.57 Å². The van der Waals surface area contributed by atoms with Crippen molar-refractivity contribution in [3.05, 3.63) is 12.7 Å². The Bertz CT molecular complexity index is 665. The Morgan fingerprint density at radius 3 is 2.64 bits per heavy atom. The Morgan fingerprint density at radius 2 is 1.95 bits per heavy atom. The molecule has 4 N–H and O–H groups in total. The number of hydrogen-bond donors (Lipinski definition) is 3. The van der Waals surface area contributed by atoms with Crippen LogP contribution in [-0.4, -0.2) is 65.1 Å². The van der Waals surface area contributed by atoms with Crippen LogP contribution in [-0.2, 0) is 4.74 Å². The van der Waals surface area contributed by atoms with Gasteiger partial charge in [0, 0.05) is 0 Å². The van der Waals surface area contributed by atoms with Crippen LogP contribution in [0.3, 0.4) is 0 Å². The lowest BCUT2D eigenvalue weighted by Gasteiger charge is -2.22. The van der Waals surface area contributed by atoms with Gasteiger partial charge in [-0.2, -0.15) is 0 Å². The van der Waals surface area contributed by atoms with Crippen LogP contribution in [0.5, 0.6) is 0 Å². The van der Waals surface area contributed by atoms with E-state index in [1.54, 1.807) is 28.1 Å². The normalized spacial score (nSPS) is 28.8. The van der Waals surface area contributed by atoms with Gasteiger partial charge in [0.2, 0.25) is 0 Å². The molecule has 3 rings (SSSR count). The number of imidazole rings is 1. The SMILES string of the molecule is CSC(SC)[C@H]1O[C@@H](n2cnc3c(N)ncnc32)[C@H](O)[C@@H]1O. The Labute approximate surface area is 135 Å². The van der Waals surface area contributed by atoms with Crippen molar-refractivity contribution in [2.45, 2.75) is 29.1 Å². The van der Waals surface area contributed by atoms with Gasteiger partial charge >= 0.3 is 0 Å². The summed E-state index contributed by atoms with van der Waals surface area (Å²) in [6.45, 7) is 0. The molecule has 2 aromatic heterocycles. The quantitative estimate of drug-likeness (QED) is 0.663. The minimum absolute atomic E-state index is 0.0177. The predicted octanol–water partition coefficient (Wildman–Crippen LogP) is 0.0798. The summed E-state index contributed by atoms with van der Waals surface area (Å²) in [5.74, 6) is 0.263. The molecule has 0 bridgehead atoms. The zero-order chi connectivity index (χ0) is 15.9. The van der Waals surface area contributed by atoms with Gasteiger partial charge in [0.25, 0.3) is 0 Å². The summed E-state index contributed by atoms with van der Waals surface area (Å²) < 4.78 is 7.50. The maximum atomic E-state index is 10.4. The second-order valence-electron chi connectivity index (χ2n) is 4.90. The number of fused-ring (bicyclic) bond motifs is 1. The van der Waals surface area contributed by atoms with Gasteiger partial charge in [0.15, 0.2) is 17.7 Å². The van der Waals surface area contributed by atoms with E-state index in [9.17, 15) is 10.2 Å². The fourth-order valence-electron chi connectivity index (χ4n) is 2.56. The molecule has 1 aliphatic heterocycles. The van der Waals surface area contributed by atoms with Gasteiger partial charge in [-0.15, -0.1) is 23.5 Å². The first-order valence-corrected chi connectivity index (χ1v) is 9.16. The summed E-state index contributed by atoms with van der Waals surface area (Å²) in [5.41, 5.74) is 6.68. The van der Waals surface area contributed by atoms with Crippen molar-refractivity contribution >= 4 is 40.5 Å². The standard InChI is InChI=1S/C12H17N5O3S2/c1-21-12(22-2)8-6(18)7(19)11(20-8)17-4-16-5-9(13)14-3-15-10(5)17/h3-4,6-8,11-12,18-19H,1-2H3,(H2,13,14,15)/t6-,7+,8-,11+/m0/s1. The van der Waals surface area contributed by atoms with Gasteiger partial charge < -0.3 is 20.7 Å². The minimum atomic E-state index is -1.07. The van der Waals surface area contributed by atoms with E-state index in [1.807, 2.05) is 12.5 Å². The van der Waals surface area contributed by atoms with Gasteiger partial charge in [0.05, 0.1) is 10.9 Å². The van der Waals surface area contributed by atoms with Crippen molar-refractivity contribution in [2.24, 2.45) is 0 Å². The van der Waals surface area contributed by atoms with E-state index < -0.39 is 24.5 Å². The fraction of sp³-hybridized carbons (Fsp3) is 0.583. The third-order valence-corrected chi connectivity index (χ3v) is 6.29. The average Bonchev–Trinajstić information content (AvgIpc) is 3.06. The number of aliphatic hydroxyl groups is 2. The summed E-state index contributed by atoms with van der Waals surface area (Å²) in [5, 5.41) is 20.6. The highest BCUT2D eigenvalue weighted by Gasteiger charge is 2.47. The molecule has 0 amide bonds. The highest BCUT2D eigenvalue weighted by Crippen LogP contribution is 2.38. The summed E-state index contributed by atoms with van der Waals surface area (Å²) in [6, 6.07) is 0. The lowest BCUT2D eigenvalue weighted by Crippen LogP contribution is -2.35. The second kappa shape index (κ2) is 6.20. The van der Waals surface area contributed by atoms with Crippen LogP contribution >= 0.6 is 23.5 Å². The maximum Gasteiger partial charge on any atom is 0.167 e. The largest absolute Gasteiger partial charge is 0.387 e. The van der Waals surface area contributed by atoms with E-state index in [2.05, 4.69) is 15.0 Å². The van der Waals surface area contributed by atoms with E-state index in [1.165, 1.54) is 12.7 Å². The Balaban J connectivity index is 1.96. The number of nitrogens with two attached hydrogens (primary N) is 1. The lowest BCUT2D eigenvalue weighted by molar-refractivity contribution is -0.0304. The molecule has 0 aliphatic carbocycles. The third-order valence-electron chi connectivity index (χ3n) is 3.67. The molecular formula is C12H17N5O3S2. The molecule has 0 unspecified atom stereocenters. The number of nitrogens with zero attached hydrogens (tertiary/aromatic N) is 4. The molecule has 22 heavy (non-hydrogen) atoms. The average molecular weight is 343 g/mol. The van der Waals surface area contributed by atoms with Crippen LogP contribution in [0.4, 0.5) is 5.82 Å². The van der Waals surface area contributed by atoms with Crippen LogP contribution in [0.2, 0.25) is 0 Å². The van der Waals surface area contributed by atoms with Crippen LogP contribution in [0.25, 0.3) is 11.2 Å². The number of ether oxygens (including phenoxy) is 1. The van der Waals surface area contributed by atoms with Crippen molar-refractivity contribution in [3.8, 4) is 0 Å². The third kappa shape index (κ3) is 2.44.